The Balaban J connectivity index is 1.23. The molecule has 0 unspecified atom stereocenters. The van der Waals surface area contributed by atoms with E-state index in [1.165, 1.54) is 18.5 Å². The van der Waals surface area contributed by atoms with Crippen molar-refractivity contribution in [2.45, 2.75) is 51.4 Å². The van der Waals surface area contributed by atoms with Gasteiger partial charge in [-0.05, 0) is 82.1 Å². The number of rotatable bonds is 5. The molecule has 1 saturated heterocycles. The molecule has 5 rings (SSSR count). The number of halogens is 3. The number of piperidine rings is 1. The van der Waals surface area contributed by atoms with Crippen molar-refractivity contribution in [1.29, 1.82) is 0 Å². The average Bonchev–Trinajstić information content (AvgIpc) is 3.34. The third-order valence-electron chi connectivity index (χ3n) is 6.27. The number of nitrogens with zero attached hydrogens (tertiary/aromatic N) is 5. The zero-order valence-corrected chi connectivity index (χ0v) is 22.2. The SMILES string of the molecule is CC(C)(C)OC(=O)N1CCC(n2ncc3c(Oc4ccc(Oc5ccc(C(F)(F)F)cc5)cc4)ncnc32)CC1. The summed E-state index contributed by atoms with van der Waals surface area (Å²) in [7, 11) is 0. The molecule has 1 aliphatic rings. The fourth-order valence-electron chi connectivity index (χ4n) is 4.34. The van der Waals surface area contributed by atoms with Crippen molar-refractivity contribution in [3.05, 3.63) is 66.6 Å². The van der Waals surface area contributed by atoms with Crippen LogP contribution in [0.15, 0.2) is 61.1 Å². The van der Waals surface area contributed by atoms with Crippen LogP contribution in [0.3, 0.4) is 0 Å². The van der Waals surface area contributed by atoms with Crippen LogP contribution in [0.2, 0.25) is 0 Å². The summed E-state index contributed by atoms with van der Waals surface area (Å²) in [6.45, 7) is 6.64. The number of aromatic nitrogens is 4. The number of hydrogen-bond acceptors (Lipinski definition) is 7. The first kappa shape index (κ1) is 27.2. The minimum absolute atomic E-state index is 0.0561. The van der Waals surface area contributed by atoms with Crippen molar-refractivity contribution in [3.8, 4) is 23.1 Å². The molecule has 0 aliphatic carbocycles. The maximum atomic E-state index is 12.8. The number of carbonyl (C=O) groups is 1. The van der Waals surface area contributed by atoms with Crippen LogP contribution in [0.5, 0.6) is 23.1 Å². The lowest BCUT2D eigenvalue weighted by Gasteiger charge is -2.33. The van der Waals surface area contributed by atoms with E-state index < -0.39 is 17.3 Å². The fraction of sp³-hybridized carbons (Fsp3) is 0.357. The summed E-state index contributed by atoms with van der Waals surface area (Å²) in [4.78, 5) is 22.8. The highest BCUT2D eigenvalue weighted by Crippen LogP contribution is 2.33. The molecule has 0 spiro atoms. The summed E-state index contributed by atoms with van der Waals surface area (Å²) in [6, 6.07) is 11.2. The Morgan fingerprint density at radius 1 is 0.875 bits per heavy atom. The van der Waals surface area contributed by atoms with E-state index in [-0.39, 0.29) is 17.9 Å². The third-order valence-corrected chi connectivity index (χ3v) is 6.27. The maximum Gasteiger partial charge on any atom is 0.416 e. The highest BCUT2D eigenvalue weighted by molar-refractivity contribution is 5.80. The van der Waals surface area contributed by atoms with Crippen LogP contribution in [0, 0.1) is 0 Å². The lowest BCUT2D eigenvalue weighted by Crippen LogP contribution is -2.42. The molecule has 3 heterocycles. The van der Waals surface area contributed by atoms with Crippen LogP contribution >= 0.6 is 0 Å². The molecule has 0 radical (unpaired) electrons. The highest BCUT2D eigenvalue weighted by Gasteiger charge is 2.30. The predicted molar refractivity (Wildman–Crippen MR) is 139 cm³/mol. The molecule has 1 aliphatic heterocycles. The van der Waals surface area contributed by atoms with Gasteiger partial charge in [-0.1, -0.05) is 0 Å². The van der Waals surface area contributed by atoms with Crippen LogP contribution in [0.1, 0.15) is 45.2 Å². The number of ether oxygens (including phenoxy) is 3. The normalized spacial score (nSPS) is 14.8. The topological polar surface area (TPSA) is 91.6 Å². The molecular formula is C28H28F3N5O4. The average molecular weight is 556 g/mol. The molecule has 0 saturated carbocycles. The van der Waals surface area contributed by atoms with Gasteiger partial charge in [0.15, 0.2) is 5.65 Å². The number of hydrogen-bond donors (Lipinski definition) is 0. The summed E-state index contributed by atoms with van der Waals surface area (Å²) in [6.07, 6.45) is -0.238. The molecule has 12 heteroatoms. The van der Waals surface area contributed by atoms with Gasteiger partial charge < -0.3 is 19.1 Å². The Kier molecular flexibility index (Phi) is 7.26. The quantitative estimate of drug-likeness (QED) is 0.262. The van der Waals surface area contributed by atoms with E-state index >= 15 is 0 Å². The number of alkyl halides is 3. The van der Waals surface area contributed by atoms with E-state index in [1.54, 1.807) is 35.4 Å². The van der Waals surface area contributed by atoms with Gasteiger partial charge in [0.2, 0.25) is 5.88 Å². The van der Waals surface area contributed by atoms with Crippen molar-refractivity contribution >= 4 is 17.1 Å². The summed E-state index contributed by atoms with van der Waals surface area (Å²) >= 11 is 0. The van der Waals surface area contributed by atoms with Gasteiger partial charge in [0.05, 0.1) is 17.8 Å². The van der Waals surface area contributed by atoms with Crippen molar-refractivity contribution in [1.82, 2.24) is 24.6 Å². The van der Waals surface area contributed by atoms with E-state index in [2.05, 4.69) is 15.1 Å². The molecule has 0 N–H and O–H groups in total. The lowest BCUT2D eigenvalue weighted by molar-refractivity contribution is -0.137. The first-order chi connectivity index (χ1) is 19.0. The van der Waals surface area contributed by atoms with E-state index in [0.717, 1.165) is 12.1 Å². The Morgan fingerprint density at radius 3 is 2.02 bits per heavy atom. The van der Waals surface area contributed by atoms with E-state index in [4.69, 9.17) is 14.2 Å². The molecule has 1 fully saturated rings. The van der Waals surface area contributed by atoms with Crippen LogP contribution in [-0.4, -0.2) is 49.4 Å². The molecule has 1 amide bonds. The van der Waals surface area contributed by atoms with Gasteiger partial charge in [-0.3, -0.25) is 0 Å². The number of amides is 1. The Morgan fingerprint density at radius 2 is 1.45 bits per heavy atom. The minimum atomic E-state index is -4.40. The molecule has 210 valence electrons. The summed E-state index contributed by atoms with van der Waals surface area (Å²) in [5.74, 6) is 1.53. The molecule has 9 nitrogen and oxygen atoms in total. The Hall–Kier alpha value is -4.35. The number of carbonyl (C=O) groups excluding carboxylic acids is 1. The Labute approximate surface area is 228 Å². The maximum absolute atomic E-state index is 12.8. The van der Waals surface area contributed by atoms with Crippen molar-refractivity contribution < 1.29 is 32.2 Å². The van der Waals surface area contributed by atoms with E-state index in [1.807, 2.05) is 25.5 Å². The number of likely N-dealkylation sites (tertiary alicyclic amines) is 1. The molecule has 0 bridgehead atoms. The zero-order chi connectivity index (χ0) is 28.5. The molecule has 0 atom stereocenters. The predicted octanol–water partition coefficient (Wildman–Crippen LogP) is 7.00. The summed E-state index contributed by atoms with van der Waals surface area (Å²) < 4.78 is 57.2. The number of fused-ring (bicyclic) bond motifs is 1. The summed E-state index contributed by atoms with van der Waals surface area (Å²) in [5, 5.41) is 5.18. The van der Waals surface area contributed by atoms with Gasteiger partial charge in [0.1, 0.15) is 34.6 Å². The minimum Gasteiger partial charge on any atom is -0.457 e. The molecule has 2 aromatic heterocycles. The van der Waals surface area contributed by atoms with Gasteiger partial charge in [0.25, 0.3) is 0 Å². The zero-order valence-electron chi connectivity index (χ0n) is 22.2. The van der Waals surface area contributed by atoms with Crippen molar-refractivity contribution in [2.24, 2.45) is 0 Å². The van der Waals surface area contributed by atoms with Crippen molar-refractivity contribution in [2.75, 3.05) is 13.1 Å². The Bertz CT molecular complexity index is 1470. The van der Waals surface area contributed by atoms with Crippen LogP contribution < -0.4 is 9.47 Å². The first-order valence-electron chi connectivity index (χ1n) is 12.8. The third kappa shape index (κ3) is 6.27. The molecule has 40 heavy (non-hydrogen) atoms. The first-order valence-corrected chi connectivity index (χ1v) is 12.8. The van der Waals surface area contributed by atoms with Crippen molar-refractivity contribution in [3.63, 3.8) is 0 Å². The fourth-order valence-corrected chi connectivity index (χ4v) is 4.34. The molecule has 4 aromatic rings. The largest absolute Gasteiger partial charge is 0.457 e. The van der Waals surface area contributed by atoms with Crippen LogP contribution in [0.25, 0.3) is 11.0 Å². The van der Waals surface area contributed by atoms with Gasteiger partial charge >= 0.3 is 12.3 Å². The monoisotopic (exact) mass is 555 g/mol. The van der Waals surface area contributed by atoms with Gasteiger partial charge in [0, 0.05) is 13.1 Å². The number of benzene rings is 2. The second kappa shape index (κ2) is 10.7. The molecule has 2 aromatic carbocycles. The van der Waals surface area contributed by atoms with Gasteiger partial charge in [-0.15, -0.1) is 0 Å². The van der Waals surface area contributed by atoms with Gasteiger partial charge in [-0.25, -0.2) is 19.4 Å². The standard InChI is InChI=1S/C28H28F3N5O4/c1-27(2,3)40-26(37)35-14-12-19(13-15-35)36-24-23(16-34-36)25(33-17-32-24)39-22-10-8-21(9-11-22)38-20-6-4-18(5-7-20)28(29,30)31/h4-11,16-17,19H,12-15H2,1-3H3. The smallest absolute Gasteiger partial charge is 0.416 e. The molecular weight excluding hydrogens is 527 g/mol. The van der Waals surface area contributed by atoms with E-state index in [0.29, 0.717) is 54.3 Å². The summed E-state index contributed by atoms with van der Waals surface area (Å²) in [5.41, 5.74) is -0.656. The second-order valence-electron chi connectivity index (χ2n) is 10.4. The van der Waals surface area contributed by atoms with Crippen LogP contribution in [-0.2, 0) is 10.9 Å². The van der Waals surface area contributed by atoms with Crippen LogP contribution in [0.4, 0.5) is 18.0 Å². The second-order valence-corrected chi connectivity index (χ2v) is 10.4. The van der Waals surface area contributed by atoms with Gasteiger partial charge in [-0.2, -0.15) is 18.3 Å². The lowest BCUT2D eigenvalue weighted by atomic mass is 10.1. The van der Waals surface area contributed by atoms with E-state index in [9.17, 15) is 18.0 Å². The highest BCUT2D eigenvalue weighted by atomic mass is 19.4.